The number of piperidine rings is 2. The number of hydrogen-bond acceptors (Lipinski definition) is 5. The number of aromatic amines is 1. The number of carbonyl (C=O) groups is 1. The maximum absolute atomic E-state index is 12.4. The summed E-state index contributed by atoms with van der Waals surface area (Å²) in [7, 11) is 2.09. The van der Waals surface area contributed by atoms with E-state index < -0.39 is 22.8 Å². The number of benzene rings is 1. The van der Waals surface area contributed by atoms with Crippen molar-refractivity contribution >= 4 is 16.9 Å². The van der Waals surface area contributed by atoms with Gasteiger partial charge in [-0.3, -0.25) is 9.69 Å². The number of nitrogens with one attached hydrogen (secondary N) is 1. The summed E-state index contributed by atoms with van der Waals surface area (Å²) in [6, 6.07) is 8.88. The molecule has 0 unspecified atom stereocenters. The Hall–Kier alpha value is -3.10. The highest BCUT2D eigenvalue weighted by atomic mass is 16.4. The third kappa shape index (κ3) is 4.55. The van der Waals surface area contributed by atoms with Crippen molar-refractivity contribution in [1.29, 1.82) is 0 Å². The molecule has 192 valence electrons. The monoisotopic (exact) mass is 492 g/mol. The number of hydrogen-bond donors (Lipinski definition) is 3. The number of aromatic hydroxyl groups is 1. The number of fused-ring (bicyclic) bond motifs is 1. The molecule has 0 atom stereocenters. The molecule has 1 aromatic carbocycles. The number of rotatable bonds is 6. The molecule has 3 aromatic rings. The number of carboxylic acid groups (broad SMARTS) is 1. The summed E-state index contributed by atoms with van der Waals surface area (Å²) in [5.41, 5.74) is 2.59. The summed E-state index contributed by atoms with van der Waals surface area (Å²) in [5.74, 6) is -1.89. The van der Waals surface area contributed by atoms with Gasteiger partial charge in [0.05, 0.1) is 5.69 Å². The van der Waals surface area contributed by atoms with Gasteiger partial charge in [0.2, 0.25) is 0 Å². The van der Waals surface area contributed by atoms with Crippen LogP contribution in [0.1, 0.15) is 60.6 Å². The van der Waals surface area contributed by atoms with Gasteiger partial charge in [-0.1, -0.05) is 19.4 Å². The largest absolute Gasteiger partial charge is 0.506 e. The highest BCUT2D eigenvalue weighted by Gasteiger charge is 2.26. The van der Waals surface area contributed by atoms with Crippen molar-refractivity contribution in [2.75, 3.05) is 26.2 Å². The predicted molar refractivity (Wildman–Crippen MR) is 141 cm³/mol. The fourth-order valence-electron chi connectivity index (χ4n) is 6.09. The van der Waals surface area contributed by atoms with Crippen molar-refractivity contribution in [3.05, 3.63) is 51.4 Å². The SMILES string of the molecule is CCc1c(-c2ccc3c(c2)cc(CN2CCC(N4CCCCC4)CC2)n3C)[nH]c(=O)c(C(=O)O)c1O. The predicted octanol–water partition coefficient (Wildman–Crippen LogP) is 3.95. The smallest absolute Gasteiger partial charge is 0.345 e. The van der Waals surface area contributed by atoms with Gasteiger partial charge in [-0.25, -0.2) is 4.79 Å². The van der Waals surface area contributed by atoms with Crippen LogP contribution in [0.2, 0.25) is 0 Å². The first-order chi connectivity index (χ1) is 17.4. The zero-order chi connectivity index (χ0) is 25.4. The summed E-state index contributed by atoms with van der Waals surface area (Å²) in [4.78, 5) is 31.8. The third-order valence-electron chi connectivity index (χ3n) is 8.14. The summed E-state index contributed by atoms with van der Waals surface area (Å²) < 4.78 is 2.23. The van der Waals surface area contributed by atoms with Gasteiger partial charge < -0.3 is 24.7 Å². The lowest BCUT2D eigenvalue weighted by Gasteiger charge is -2.40. The molecule has 8 nitrogen and oxygen atoms in total. The first-order valence-corrected chi connectivity index (χ1v) is 13.1. The molecule has 4 heterocycles. The Morgan fingerprint density at radius 1 is 1.08 bits per heavy atom. The molecular weight excluding hydrogens is 456 g/mol. The average Bonchev–Trinajstić information content (AvgIpc) is 3.18. The minimum atomic E-state index is -1.43. The lowest BCUT2D eigenvalue weighted by Crippen LogP contribution is -2.46. The zero-order valence-corrected chi connectivity index (χ0v) is 21.2. The molecule has 5 rings (SSSR count). The Bertz CT molecular complexity index is 1330. The maximum atomic E-state index is 12.4. The number of carboxylic acids is 1. The van der Waals surface area contributed by atoms with E-state index in [2.05, 4.69) is 32.5 Å². The maximum Gasteiger partial charge on any atom is 0.345 e. The van der Waals surface area contributed by atoms with E-state index in [1.165, 1.54) is 50.9 Å². The van der Waals surface area contributed by atoms with Crippen LogP contribution in [0, 0.1) is 0 Å². The van der Waals surface area contributed by atoms with Gasteiger partial charge in [0.25, 0.3) is 5.56 Å². The minimum Gasteiger partial charge on any atom is -0.506 e. The molecule has 2 aliphatic heterocycles. The minimum absolute atomic E-state index is 0.393. The molecule has 0 radical (unpaired) electrons. The summed E-state index contributed by atoms with van der Waals surface area (Å²) in [6.45, 7) is 7.49. The lowest BCUT2D eigenvalue weighted by molar-refractivity contribution is 0.0691. The van der Waals surface area contributed by atoms with Crippen LogP contribution >= 0.6 is 0 Å². The Morgan fingerprint density at radius 3 is 2.47 bits per heavy atom. The van der Waals surface area contributed by atoms with E-state index in [0.29, 0.717) is 17.7 Å². The summed E-state index contributed by atoms with van der Waals surface area (Å²) >= 11 is 0. The van der Waals surface area contributed by atoms with E-state index in [-0.39, 0.29) is 0 Å². The number of pyridine rings is 1. The number of aryl methyl sites for hydroxylation is 1. The Balaban J connectivity index is 1.37. The first kappa shape index (κ1) is 24.6. The zero-order valence-electron chi connectivity index (χ0n) is 21.2. The van der Waals surface area contributed by atoms with E-state index >= 15 is 0 Å². The molecule has 0 amide bonds. The first-order valence-electron chi connectivity index (χ1n) is 13.1. The molecular formula is C28H36N4O4. The molecule has 2 saturated heterocycles. The Morgan fingerprint density at radius 2 is 1.81 bits per heavy atom. The van der Waals surface area contributed by atoms with Gasteiger partial charge in [-0.05, 0) is 69.0 Å². The molecule has 2 aromatic heterocycles. The quantitative estimate of drug-likeness (QED) is 0.482. The lowest BCUT2D eigenvalue weighted by atomic mass is 9.99. The molecule has 0 spiro atoms. The highest BCUT2D eigenvalue weighted by molar-refractivity contribution is 5.92. The van der Waals surface area contributed by atoms with Crippen LogP contribution in [-0.4, -0.2) is 67.8 Å². The van der Waals surface area contributed by atoms with Crippen LogP contribution < -0.4 is 5.56 Å². The number of likely N-dealkylation sites (tertiary alicyclic amines) is 2. The van der Waals surface area contributed by atoms with Gasteiger partial charge in [-0.2, -0.15) is 0 Å². The second kappa shape index (κ2) is 10.1. The van der Waals surface area contributed by atoms with E-state index in [4.69, 9.17) is 0 Å². The van der Waals surface area contributed by atoms with Crippen molar-refractivity contribution in [3.63, 3.8) is 0 Å². The van der Waals surface area contributed by atoms with Crippen LogP contribution in [0.15, 0.2) is 29.1 Å². The summed E-state index contributed by atoms with van der Waals surface area (Å²) in [6.07, 6.45) is 6.92. The third-order valence-corrected chi connectivity index (χ3v) is 8.14. The second-order valence-electron chi connectivity index (χ2n) is 10.3. The fraction of sp³-hybridized carbons (Fsp3) is 0.500. The van der Waals surface area contributed by atoms with Gasteiger partial charge >= 0.3 is 5.97 Å². The van der Waals surface area contributed by atoms with Crippen LogP contribution in [0.5, 0.6) is 5.75 Å². The van der Waals surface area contributed by atoms with Crippen LogP contribution in [0.25, 0.3) is 22.2 Å². The molecule has 3 N–H and O–H groups in total. The van der Waals surface area contributed by atoms with Crippen molar-refractivity contribution in [3.8, 4) is 17.0 Å². The van der Waals surface area contributed by atoms with E-state index in [1.807, 2.05) is 25.1 Å². The number of nitrogens with zero attached hydrogens (tertiary/aromatic N) is 3. The average molecular weight is 493 g/mol. The van der Waals surface area contributed by atoms with E-state index in [0.717, 1.165) is 42.1 Å². The fourth-order valence-corrected chi connectivity index (χ4v) is 6.09. The number of aromatic nitrogens is 2. The van der Waals surface area contributed by atoms with Crippen molar-refractivity contribution in [1.82, 2.24) is 19.4 Å². The van der Waals surface area contributed by atoms with Crippen LogP contribution in [-0.2, 0) is 20.0 Å². The van der Waals surface area contributed by atoms with Gasteiger partial charge in [0.15, 0.2) is 5.56 Å². The normalized spacial score (nSPS) is 18.2. The van der Waals surface area contributed by atoms with Crippen LogP contribution in [0.3, 0.4) is 0 Å². The van der Waals surface area contributed by atoms with Crippen LogP contribution in [0.4, 0.5) is 0 Å². The molecule has 8 heteroatoms. The Labute approximate surface area is 211 Å². The molecule has 0 aliphatic carbocycles. The summed E-state index contributed by atoms with van der Waals surface area (Å²) in [5, 5.41) is 20.9. The molecule has 36 heavy (non-hydrogen) atoms. The molecule has 2 fully saturated rings. The number of aromatic carboxylic acids is 1. The van der Waals surface area contributed by atoms with E-state index in [1.54, 1.807) is 0 Å². The van der Waals surface area contributed by atoms with Crippen molar-refractivity contribution in [2.45, 2.75) is 58.0 Å². The van der Waals surface area contributed by atoms with Gasteiger partial charge in [-0.15, -0.1) is 0 Å². The second-order valence-corrected chi connectivity index (χ2v) is 10.3. The van der Waals surface area contributed by atoms with Gasteiger partial charge in [0.1, 0.15) is 5.75 Å². The molecule has 0 bridgehead atoms. The van der Waals surface area contributed by atoms with Gasteiger partial charge in [0, 0.05) is 54.9 Å². The topological polar surface area (TPSA) is 102 Å². The number of H-pyrrole nitrogens is 1. The van der Waals surface area contributed by atoms with E-state index in [9.17, 15) is 19.8 Å². The standard InChI is InChI=1S/C28H36N4O4/c1-3-22-25(29-27(34)24(26(22)33)28(35)36)18-7-8-23-19(15-18)16-21(30(23)2)17-31-13-9-20(10-14-31)32-11-5-4-6-12-32/h7-8,15-16,20H,3-6,9-14,17H2,1-2H3,(H,35,36)(H2,29,33,34). The van der Waals surface area contributed by atoms with Crippen molar-refractivity contribution in [2.24, 2.45) is 7.05 Å². The van der Waals surface area contributed by atoms with Crippen molar-refractivity contribution < 1.29 is 15.0 Å². The Kier molecular flexibility index (Phi) is 6.90. The molecule has 0 saturated carbocycles. The molecule has 2 aliphatic rings. The highest BCUT2D eigenvalue weighted by Crippen LogP contribution is 2.32.